The molecule has 4 nitrogen and oxygen atoms in total. The molecule has 1 aromatic rings. The minimum atomic E-state index is -0.848. The van der Waals surface area contributed by atoms with E-state index in [0.717, 1.165) is 12.8 Å². The molecule has 2 rings (SSSR count). The second-order valence-electron chi connectivity index (χ2n) is 4.48. The van der Waals surface area contributed by atoms with Gasteiger partial charge in [0.05, 0.1) is 12.5 Å². The van der Waals surface area contributed by atoms with Crippen LogP contribution < -0.4 is 4.74 Å². The summed E-state index contributed by atoms with van der Waals surface area (Å²) < 4.78 is 5.19. The van der Waals surface area contributed by atoms with Gasteiger partial charge in [0.25, 0.3) is 0 Å². The average Bonchev–Trinajstić information content (AvgIpc) is 2.79. The Morgan fingerprint density at radius 1 is 1.35 bits per heavy atom. The fourth-order valence-corrected chi connectivity index (χ4v) is 2.65. The molecule has 0 amide bonds. The van der Waals surface area contributed by atoms with Gasteiger partial charge in [-0.3, -0.25) is 4.79 Å². The lowest BCUT2D eigenvalue weighted by atomic mass is 9.78. The molecule has 0 spiro atoms. The van der Waals surface area contributed by atoms with E-state index in [1.165, 1.54) is 19.2 Å². The van der Waals surface area contributed by atoms with E-state index in [-0.39, 0.29) is 5.75 Å². The molecule has 92 valence electrons. The minimum absolute atomic E-state index is 0.0872. The maximum absolute atomic E-state index is 11.6. The van der Waals surface area contributed by atoms with Crippen LogP contribution in [0.1, 0.15) is 31.2 Å². The smallest absolute Gasteiger partial charge is 0.314 e. The molecule has 1 aliphatic rings. The van der Waals surface area contributed by atoms with Crippen LogP contribution in [0.5, 0.6) is 11.5 Å². The zero-order chi connectivity index (χ0) is 12.5. The number of hydrogen-bond donors (Lipinski definition) is 2. The topological polar surface area (TPSA) is 66.8 Å². The molecular weight excluding hydrogens is 220 g/mol. The van der Waals surface area contributed by atoms with Gasteiger partial charge in [-0.15, -0.1) is 0 Å². The maximum Gasteiger partial charge on any atom is 0.314 e. The van der Waals surface area contributed by atoms with Gasteiger partial charge in [-0.1, -0.05) is 18.9 Å². The second-order valence-corrected chi connectivity index (χ2v) is 4.48. The van der Waals surface area contributed by atoms with E-state index in [0.29, 0.717) is 24.2 Å². The normalized spacial score (nSPS) is 17.9. The van der Waals surface area contributed by atoms with Gasteiger partial charge in [0, 0.05) is 11.6 Å². The standard InChI is InChI=1S/C13H16O4/c1-17-11-8-9(14)4-5-10(11)13(12(15)16)6-2-3-7-13/h4-5,8,14H,2-3,6-7H2,1H3,(H,15,16). The van der Waals surface area contributed by atoms with E-state index >= 15 is 0 Å². The quantitative estimate of drug-likeness (QED) is 0.845. The summed E-state index contributed by atoms with van der Waals surface area (Å²) in [5.41, 5.74) is -0.179. The van der Waals surface area contributed by atoms with Crippen molar-refractivity contribution < 1.29 is 19.7 Å². The number of benzene rings is 1. The Bertz CT molecular complexity index is 433. The number of carbonyl (C=O) groups is 1. The fraction of sp³-hybridized carbons (Fsp3) is 0.462. The van der Waals surface area contributed by atoms with Crippen molar-refractivity contribution in [1.29, 1.82) is 0 Å². The predicted octanol–water partition coefficient (Wildman–Crippen LogP) is 2.30. The Morgan fingerprint density at radius 2 is 2.00 bits per heavy atom. The highest BCUT2D eigenvalue weighted by Crippen LogP contribution is 2.45. The number of aliphatic carboxylic acids is 1. The molecule has 0 aromatic heterocycles. The van der Waals surface area contributed by atoms with Crippen LogP contribution >= 0.6 is 0 Å². The number of rotatable bonds is 3. The molecule has 0 unspecified atom stereocenters. The SMILES string of the molecule is COc1cc(O)ccc1C1(C(=O)O)CCCC1. The summed E-state index contributed by atoms with van der Waals surface area (Å²) in [5, 5.41) is 18.9. The van der Waals surface area contributed by atoms with Gasteiger partial charge in [-0.25, -0.2) is 0 Å². The van der Waals surface area contributed by atoms with Crippen molar-refractivity contribution in [3.63, 3.8) is 0 Å². The summed E-state index contributed by atoms with van der Waals surface area (Å²) in [6.07, 6.45) is 3.08. The third-order valence-corrected chi connectivity index (χ3v) is 3.57. The Kier molecular flexibility index (Phi) is 2.96. The number of phenolic OH excluding ortho intramolecular Hbond substituents is 1. The molecule has 2 N–H and O–H groups in total. The highest BCUT2D eigenvalue weighted by atomic mass is 16.5. The first kappa shape index (κ1) is 11.8. The molecular formula is C13H16O4. The first-order valence-corrected chi connectivity index (χ1v) is 5.71. The first-order valence-electron chi connectivity index (χ1n) is 5.71. The monoisotopic (exact) mass is 236 g/mol. The molecule has 0 heterocycles. The van der Waals surface area contributed by atoms with Gasteiger partial charge >= 0.3 is 5.97 Å². The Morgan fingerprint density at radius 3 is 2.53 bits per heavy atom. The van der Waals surface area contributed by atoms with Crippen molar-refractivity contribution in [2.45, 2.75) is 31.1 Å². The van der Waals surface area contributed by atoms with Crippen molar-refractivity contribution >= 4 is 5.97 Å². The molecule has 0 saturated heterocycles. The van der Waals surface area contributed by atoms with Crippen molar-refractivity contribution in [3.8, 4) is 11.5 Å². The number of hydrogen-bond acceptors (Lipinski definition) is 3. The van der Waals surface area contributed by atoms with E-state index in [4.69, 9.17) is 4.74 Å². The molecule has 0 aliphatic heterocycles. The lowest BCUT2D eigenvalue weighted by Crippen LogP contribution is -2.33. The van der Waals surface area contributed by atoms with Gasteiger partial charge in [-0.2, -0.15) is 0 Å². The summed E-state index contributed by atoms with van der Waals surface area (Å²) in [4.78, 5) is 11.6. The number of carboxylic acid groups (broad SMARTS) is 1. The van der Waals surface area contributed by atoms with Crippen LogP contribution in [0.25, 0.3) is 0 Å². The largest absolute Gasteiger partial charge is 0.508 e. The number of carboxylic acids is 1. The van der Waals surface area contributed by atoms with Crippen LogP contribution in [0.2, 0.25) is 0 Å². The fourth-order valence-electron chi connectivity index (χ4n) is 2.65. The lowest BCUT2D eigenvalue weighted by Gasteiger charge is -2.26. The van der Waals surface area contributed by atoms with Gasteiger partial charge < -0.3 is 14.9 Å². The van der Waals surface area contributed by atoms with E-state index in [9.17, 15) is 15.0 Å². The molecule has 1 aromatic carbocycles. The molecule has 4 heteroatoms. The van der Waals surface area contributed by atoms with Crippen LogP contribution in [-0.2, 0) is 10.2 Å². The molecule has 1 saturated carbocycles. The zero-order valence-corrected chi connectivity index (χ0v) is 9.77. The summed E-state index contributed by atoms with van der Waals surface area (Å²) in [6.45, 7) is 0. The predicted molar refractivity (Wildman–Crippen MR) is 62.4 cm³/mol. The van der Waals surface area contributed by atoms with Crippen LogP contribution in [0.3, 0.4) is 0 Å². The van der Waals surface area contributed by atoms with Gasteiger partial charge in [-0.05, 0) is 18.9 Å². The summed E-state index contributed by atoms with van der Waals surface area (Å²) >= 11 is 0. The van der Waals surface area contributed by atoms with Crippen molar-refractivity contribution in [2.24, 2.45) is 0 Å². The third-order valence-electron chi connectivity index (χ3n) is 3.57. The summed E-state index contributed by atoms with van der Waals surface area (Å²) in [6, 6.07) is 4.65. The second kappa shape index (κ2) is 4.28. The van der Waals surface area contributed by atoms with Crippen molar-refractivity contribution in [1.82, 2.24) is 0 Å². The molecule has 1 aliphatic carbocycles. The molecule has 0 bridgehead atoms. The highest BCUT2D eigenvalue weighted by molar-refractivity contribution is 5.83. The average molecular weight is 236 g/mol. The Hall–Kier alpha value is -1.71. The molecule has 0 atom stereocenters. The first-order chi connectivity index (χ1) is 8.10. The highest BCUT2D eigenvalue weighted by Gasteiger charge is 2.44. The van der Waals surface area contributed by atoms with E-state index < -0.39 is 11.4 Å². The summed E-state index contributed by atoms with van der Waals surface area (Å²) in [7, 11) is 1.49. The van der Waals surface area contributed by atoms with Gasteiger partial charge in [0.15, 0.2) is 0 Å². The van der Waals surface area contributed by atoms with Gasteiger partial charge in [0.2, 0.25) is 0 Å². The molecule has 17 heavy (non-hydrogen) atoms. The van der Waals surface area contributed by atoms with E-state index in [1.54, 1.807) is 6.07 Å². The minimum Gasteiger partial charge on any atom is -0.508 e. The lowest BCUT2D eigenvalue weighted by molar-refractivity contribution is -0.143. The van der Waals surface area contributed by atoms with Crippen LogP contribution in [0, 0.1) is 0 Å². The van der Waals surface area contributed by atoms with Crippen LogP contribution in [0.15, 0.2) is 18.2 Å². The van der Waals surface area contributed by atoms with Crippen molar-refractivity contribution in [2.75, 3.05) is 7.11 Å². The Balaban J connectivity index is 2.54. The number of methoxy groups -OCH3 is 1. The van der Waals surface area contributed by atoms with E-state index in [1.807, 2.05) is 0 Å². The van der Waals surface area contributed by atoms with Gasteiger partial charge in [0.1, 0.15) is 11.5 Å². The van der Waals surface area contributed by atoms with Crippen molar-refractivity contribution in [3.05, 3.63) is 23.8 Å². The van der Waals surface area contributed by atoms with Crippen LogP contribution in [-0.4, -0.2) is 23.3 Å². The number of phenols is 1. The number of aromatic hydroxyl groups is 1. The molecule has 1 fully saturated rings. The van der Waals surface area contributed by atoms with Crippen LogP contribution in [0.4, 0.5) is 0 Å². The maximum atomic E-state index is 11.6. The Labute approximate surface area is 99.8 Å². The number of ether oxygens (including phenoxy) is 1. The summed E-state index contributed by atoms with van der Waals surface area (Å²) in [5.74, 6) is -0.266. The zero-order valence-electron chi connectivity index (χ0n) is 9.77. The van der Waals surface area contributed by atoms with E-state index in [2.05, 4.69) is 0 Å². The molecule has 0 radical (unpaired) electrons. The third kappa shape index (κ3) is 1.84.